The lowest BCUT2D eigenvalue weighted by atomic mass is 10.2. The molecule has 0 spiro atoms. The quantitative estimate of drug-likeness (QED) is 0.439. The van der Waals surface area contributed by atoms with Gasteiger partial charge in [-0.2, -0.15) is 0 Å². The monoisotopic (exact) mass is 486 g/mol. The van der Waals surface area contributed by atoms with Crippen molar-refractivity contribution in [3.05, 3.63) is 76.2 Å². The number of ether oxygens (including phenoxy) is 3. The third kappa shape index (κ3) is 7.04. The van der Waals surface area contributed by atoms with E-state index >= 15 is 0 Å². The van der Waals surface area contributed by atoms with Gasteiger partial charge < -0.3 is 24.4 Å². The molecule has 1 heterocycles. The summed E-state index contributed by atoms with van der Waals surface area (Å²) >= 11 is 1.54. The summed E-state index contributed by atoms with van der Waals surface area (Å²) in [7, 11) is 3.02. The number of nitrogens with one attached hydrogen (secondary N) is 1. The van der Waals surface area contributed by atoms with E-state index in [1.807, 2.05) is 17.5 Å². The number of benzene rings is 2. The van der Waals surface area contributed by atoms with Crippen molar-refractivity contribution in [3.63, 3.8) is 0 Å². The molecule has 0 fully saturated rings. The largest absolute Gasteiger partial charge is 0.493 e. The molecule has 0 bridgehead atoms. The Morgan fingerprint density at radius 2 is 1.79 bits per heavy atom. The van der Waals surface area contributed by atoms with Crippen LogP contribution in [0.3, 0.4) is 0 Å². The summed E-state index contributed by atoms with van der Waals surface area (Å²) in [6.45, 7) is -0.296. The summed E-state index contributed by atoms with van der Waals surface area (Å²) in [5, 5.41) is 4.50. The predicted octanol–water partition coefficient (Wildman–Crippen LogP) is 3.73. The van der Waals surface area contributed by atoms with Crippen LogP contribution in [0.4, 0.5) is 10.1 Å². The maximum atomic E-state index is 13.0. The van der Waals surface area contributed by atoms with Crippen LogP contribution in [0.2, 0.25) is 0 Å². The molecule has 2 amide bonds. The minimum absolute atomic E-state index is 0.161. The zero-order valence-electron chi connectivity index (χ0n) is 18.6. The number of hydrogen-bond donors (Lipinski definition) is 1. The van der Waals surface area contributed by atoms with Gasteiger partial charge in [-0.1, -0.05) is 6.07 Å². The lowest BCUT2D eigenvalue weighted by molar-refractivity contribution is -0.133. The van der Waals surface area contributed by atoms with Crippen LogP contribution in [-0.4, -0.2) is 50.1 Å². The minimum Gasteiger partial charge on any atom is -0.493 e. The maximum absolute atomic E-state index is 13.0. The number of thiophene rings is 1. The lowest BCUT2D eigenvalue weighted by Gasteiger charge is -2.16. The zero-order chi connectivity index (χ0) is 24.5. The first-order valence-corrected chi connectivity index (χ1v) is 11.0. The summed E-state index contributed by atoms with van der Waals surface area (Å²) in [5.74, 6) is -1.45. The van der Waals surface area contributed by atoms with Gasteiger partial charge in [0.15, 0.2) is 24.7 Å². The summed E-state index contributed by atoms with van der Waals surface area (Å²) in [6.07, 6.45) is 0. The van der Waals surface area contributed by atoms with Crippen molar-refractivity contribution in [1.29, 1.82) is 0 Å². The van der Waals surface area contributed by atoms with Crippen molar-refractivity contribution >= 4 is 34.8 Å². The summed E-state index contributed by atoms with van der Waals surface area (Å²) < 4.78 is 28.8. The second-order valence-corrected chi connectivity index (χ2v) is 8.15. The van der Waals surface area contributed by atoms with Gasteiger partial charge in [-0.25, -0.2) is 9.18 Å². The molecular formula is C24H23FN2O6S. The van der Waals surface area contributed by atoms with Crippen LogP contribution >= 0.6 is 11.3 Å². The van der Waals surface area contributed by atoms with Gasteiger partial charge in [-0.3, -0.25) is 9.59 Å². The summed E-state index contributed by atoms with van der Waals surface area (Å²) in [5.41, 5.74) is 0.587. The Morgan fingerprint density at radius 1 is 1.03 bits per heavy atom. The van der Waals surface area contributed by atoms with E-state index in [9.17, 15) is 18.8 Å². The van der Waals surface area contributed by atoms with Crippen LogP contribution in [0, 0.1) is 5.82 Å². The first-order valence-electron chi connectivity index (χ1n) is 10.2. The molecule has 1 N–H and O–H groups in total. The number of hydrogen-bond acceptors (Lipinski definition) is 7. The molecule has 2 aromatic carbocycles. The van der Waals surface area contributed by atoms with Crippen LogP contribution in [0.15, 0.2) is 60.0 Å². The zero-order valence-corrected chi connectivity index (χ0v) is 19.4. The smallest absolute Gasteiger partial charge is 0.338 e. The molecule has 3 aromatic rings. The number of rotatable bonds is 10. The first-order chi connectivity index (χ1) is 16.4. The van der Waals surface area contributed by atoms with Gasteiger partial charge in [0.2, 0.25) is 0 Å². The highest BCUT2D eigenvalue weighted by Gasteiger charge is 2.17. The first kappa shape index (κ1) is 24.7. The van der Waals surface area contributed by atoms with E-state index in [-0.39, 0.29) is 29.6 Å². The molecule has 0 aliphatic heterocycles. The van der Waals surface area contributed by atoms with Crippen LogP contribution in [0.25, 0.3) is 0 Å². The maximum Gasteiger partial charge on any atom is 0.338 e. The molecule has 0 unspecified atom stereocenters. The molecule has 10 heteroatoms. The van der Waals surface area contributed by atoms with E-state index < -0.39 is 24.3 Å². The number of anilines is 1. The molecule has 8 nitrogen and oxygen atoms in total. The Kier molecular flexibility index (Phi) is 8.58. The Bertz CT molecular complexity index is 1130. The fraction of sp³-hybridized carbons (Fsp3) is 0.208. The predicted molar refractivity (Wildman–Crippen MR) is 125 cm³/mol. The van der Waals surface area contributed by atoms with Crippen LogP contribution < -0.4 is 14.8 Å². The average Bonchev–Trinajstić information content (AvgIpc) is 3.35. The number of likely N-dealkylation sites (N-methyl/N-ethyl adjacent to an activating group) is 1. The molecule has 0 saturated heterocycles. The van der Waals surface area contributed by atoms with Crippen molar-refractivity contribution < 1.29 is 33.0 Å². The Morgan fingerprint density at radius 3 is 2.47 bits per heavy atom. The van der Waals surface area contributed by atoms with Crippen molar-refractivity contribution in [1.82, 2.24) is 4.90 Å². The SMILES string of the molecule is COc1cc(C(=O)OCC(=O)N(C)Cc2cccs2)ccc1OCC(=O)Nc1ccc(F)cc1. The Hall–Kier alpha value is -3.92. The van der Waals surface area contributed by atoms with Gasteiger partial charge in [0.05, 0.1) is 19.2 Å². The third-order valence-electron chi connectivity index (χ3n) is 4.61. The molecule has 1 aromatic heterocycles. The van der Waals surface area contributed by atoms with E-state index in [4.69, 9.17) is 14.2 Å². The highest BCUT2D eigenvalue weighted by molar-refractivity contribution is 7.09. The molecular weight excluding hydrogens is 463 g/mol. The molecule has 0 radical (unpaired) electrons. The lowest BCUT2D eigenvalue weighted by Crippen LogP contribution is -2.30. The standard InChI is InChI=1S/C24H23FN2O6S/c1-27(13-19-4-3-11-34-19)23(29)15-33-24(30)16-5-10-20(21(12-16)31-2)32-14-22(28)26-18-8-6-17(25)7-9-18/h3-12H,13-15H2,1-2H3,(H,26,28). The third-order valence-corrected chi connectivity index (χ3v) is 5.47. The van der Waals surface area contributed by atoms with Gasteiger partial charge in [0, 0.05) is 17.6 Å². The highest BCUT2D eigenvalue weighted by Crippen LogP contribution is 2.28. The second kappa shape index (κ2) is 11.8. The van der Waals surface area contributed by atoms with Gasteiger partial charge >= 0.3 is 5.97 Å². The number of carbonyl (C=O) groups is 3. The van der Waals surface area contributed by atoms with Gasteiger partial charge in [-0.05, 0) is 53.9 Å². The minimum atomic E-state index is -0.697. The van der Waals surface area contributed by atoms with E-state index in [0.29, 0.717) is 12.2 Å². The van der Waals surface area contributed by atoms with Crippen molar-refractivity contribution in [2.75, 3.05) is 32.7 Å². The molecule has 0 aliphatic carbocycles. The number of halogens is 1. The fourth-order valence-electron chi connectivity index (χ4n) is 2.83. The summed E-state index contributed by atoms with van der Waals surface area (Å²) in [4.78, 5) is 39.2. The second-order valence-electron chi connectivity index (χ2n) is 7.11. The topological polar surface area (TPSA) is 94.2 Å². The van der Waals surface area contributed by atoms with E-state index in [0.717, 1.165) is 4.88 Å². The van der Waals surface area contributed by atoms with E-state index in [1.165, 1.54) is 65.8 Å². The highest BCUT2D eigenvalue weighted by atomic mass is 32.1. The number of amides is 2. The molecule has 178 valence electrons. The summed E-state index contributed by atoms with van der Waals surface area (Å²) in [6, 6.07) is 13.4. The molecule has 34 heavy (non-hydrogen) atoms. The van der Waals surface area contributed by atoms with Gasteiger partial charge in [0.1, 0.15) is 5.82 Å². The molecule has 0 atom stereocenters. The van der Waals surface area contributed by atoms with Crippen molar-refractivity contribution in [2.45, 2.75) is 6.54 Å². The molecule has 0 aliphatic rings. The number of esters is 1. The van der Waals surface area contributed by atoms with Crippen LogP contribution in [0.1, 0.15) is 15.2 Å². The van der Waals surface area contributed by atoms with E-state index in [2.05, 4.69) is 5.32 Å². The normalized spacial score (nSPS) is 10.3. The average molecular weight is 487 g/mol. The number of carbonyl (C=O) groups excluding carboxylic acids is 3. The number of methoxy groups -OCH3 is 1. The van der Waals surface area contributed by atoms with Gasteiger partial charge in [0.25, 0.3) is 11.8 Å². The molecule has 3 rings (SSSR count). The Balaban J connectivity index is 1.51. The van der Waals surface area contributed by atoms with Crippen molar-refractivity contribution in [3.8, 4) is 11.5 Å². The molecule has 0 saturated carbocycles. The van der Waals surface area contributed by atoms with E-state index in [1.54, 1.807) is 7.05 Å². The fourth-order valence-corrected chi connectivity index (χ4v) is 3.59. The van der Waals surface area contributed by atoms with Crippen molar-refractivity contribution in [2.24, 2.45) is 0 Å². The Labute approximate surface area is 199 Å². The van der Waals surface area contributed by atoms with Gasteiger partial charge in [-0.15, -0.1) is 11.3 Å². The van der Waals surface area contributed by atoms with Crippen LogP contribution in [0.5, 0.6) is 11.5 Å². The van der Waals surface area contributed by atoms with Crippen LogP contribution in [-0.2, 0) is 20.9 Å². The number of nitrogens with zero attached hydrogens (tertiary/aromatic N) is 1.